The normalized spacial score (nSPS) is 13.6. The smallest absolute Gasteiger partial charge is 0.216 e. The molecule has 0 heterocycles. The number of benzene rings is 1. The average Bonchev–Trinajstić information content (AvgIpc) is 2.28. The highest BCUT2D eigenvalue weighted by atomic mass is 32.2. The molecule has 1 atom stereocenters. The third-order valence-electron chi connectivity index (χ3n) is 2.52. The predicted octanol–water partition coefficient (Wildman–Crippen LogP) is 0.982. The van der Waals surface area contributed by atoms with Crippen LogP contribution < -0.4 is 10.5 Å². The summed E-state index contributed by atoms with van der Waals surface area (Å²) < 4.78 is 38.8. The molecule has 96 valence electrons. The maximum atomic E-state index is 12.9. The highest BCUT2D eigenvalue weighted by Gasteiger charge is 2.21. The fourth-order valence-electron chi connectivity index (χ4n) is 1.46. The number of rotatable bonds is 6. The maximum Gasteiger partial charge on any atom is 0.216 e. The summed E-state index contributed by atoms with van der Waals surface area (Å²) in [4.78, 5) is 0. The first kappa shape index (κ1) is 14.1. The highest BCUT2D eigenvalue weighted by molar-refractivity contribution is 7.90. The van der Waals surface area contributed by atoms with Crippen LogP contribution >= 0.6 is 0 Å². The van der Waals surface area contributed by atoms with E-state index < -0.39 is 15.3 Å². The second-order valence-electron chi connectivity index (χ2n) is 3.76. The lowest BCUT2D eigenvalue weighted by Gasteiger charge is -2.14. The lowest BCUT2D eigenvalue weighted by molar-refractivity contribution is 0.560. The third kappa shape index (κ3) is 4.07. The van der Waals surface area contributed by atoms with E-state index in [4.69, 9.17) is 5.73 Å². The lowest BCUT2D eigenvalue weighted by atomic mass is 10.2. The molecule has 0 aliphatic carbocycles. The molecule has 1 unspecified atom stereocenters. The largest absolute Gasteiger partial charge is 0.329 e. The fraction of sp³-hybridized carbons (Fsp3) is 0.455. The molecular formula is C11H17FN2O2S. The number of hydrogen-bond donors (Lipinski definition) is 2. The van der Waals surface area contributed by atoms with Gasteiger partial charge in [-0.1, -0.05) is 19.1 Å². The molecule has 0 aliphatic rings. The number of halogens is 1. The molecule has 0 radical (unpaired) electrons. The van der Waals surface area contributed by atoms with E-state index in [1.165, 1.54) is 12.1 Å². The summed E-state index contributed by atoms with van der Waals surface area (Å²) >= 11 is 0. The molecule has 3 N–H and O–H groups in total. The number of nitrogens with one attached hydrogen (secondary N) is 1. The molecule has 0 aromatic heterocycles. The molecule has 0 saturated carbocycles. The molecular weight excluding hydrogens is 243 g/mol. The molecule has 4 nitrogen and oxygen atoms in total. The van der Waals surface area contributed by atoms with Crippen molar-refractivity contribution in [3.8, 4) is 0 Å². The van der Waals surface area contributed by atoms with Crippen molar-refractivity contribution in [3.05, 3.63) is 35.6 Å². The molecule has 0 fully saturated rings. The molecule has 0 bridgehead atoms. The van der Waals surface area contributed by atoms with Gasteiger partial charge in [-0.25, -0.2) is 17.5 Å². The minimum absolute atomic E-state index is 0.0784. The van der Waals surface area contributed by atoms with Gasteiger partial charge < -0.3 is 5.73 Å². The Hall–Kier alpha value is -0.980. The van der Waals surface area contributed by atoms with Crippen molar-refractivity contribution in [2.75, 3.05) is 6.54 Å². The second-order valence-corrected chi connectivity index (χ2v) is 5.81. The summed E-state index contributed by atoms with van der Waals surface area (Å²) in [5, 5.41) is -0.601. The first-order valence-corrected chi connectivity index (χ1v) is 6.97. The third-order valence-corrected chi connectivity index (χ3v) is 4.47. The van der Waals surface area contributed by atoms with Crippen molar-refractivity contribution < 1.29 is 12.8 Å². The standard InChI is InChI=1S/C11H17FN2O2S/c1-2-11(7-13)17(15,16)14-8-9-4-3-5-10(12)6-9/h3-6,11,14H,2,7-8,13H2,1H3. The van der Waals surface area contributed by atoms with Gasteiger partial charge in [0.15, 0.2) is 0 Å². The molecule has 1 aromatic carbocycles. The molecule has 17 heavy (non-hydrogen) atoms. The summed E-state index contributed by atoms with van der Waals surface area (Å²) in [7, 11) is -3.43. The first-order chi connectivity index (χ1) is 7.99. The highest BCUT2D eigenvalue weighted by Crippen LogP contribution is 2.06. The van der Waals surface area contributed by atoms with Gasteiger partial charge in [-0.05, 0) is 24.1 Å². The maximum absolute atomic E-state index is 12.9. The van der Waals surface area contributed by atoms with Gasteiger partial charge >= 0.3 is 0 Å². The molecule has 0 saturated heterocycles. The summed E-state index contributed by atoms with van der Waals surface area (Å²) in [6.07, 6.45) is 0.453. The van der Waals surface area contributed by atoms with E-state index in [-0.39, 0.29) is 18.9 Å². The monoisotopic (exact) mass is 260 g/mol. The van der Waals surface area contributed by atoms with Gasteiger partial charge in [0, 0.05) is 13.1 Å². The minimum atomic E-state index is -3.43. The van der Waals surface area contributed by atoms with Crippen LogP contribution in [0, 0.1) is 5.82 Å². The average molecular weight is 260 g/mol. The minimum Gasteiger partial charge on any atom is -0.329 e. The van der Waals surface area contributed by atoms with Crippen molar-refractivity contribution in [1.29, 1.82) is 0 Å². The molecule has 1 rings (SSSR count). The Morgan fingerprint density at radius 1 is 1.47 bits per heavy atom. The zero-order chi connectivity index (χ0) is 12.9. The molecule has 1 aromatic rings. The van der Waals surface area contributed by atoms with Crippen molar-refractivity contribution in [3.63, 3.8) is 0 Å². The van der Waals surface area contributed by atoms with E-state index in [0.717, 1.165) is 0 Å². The van der Waals surface area contributed by atoms with E-state index in [0.29, 0.717) is 12.0 Å². The Bertz CT molecular complexity index is 458. The zero-order valence-electron chi connectivity index (χ0n) is 9.69. The second kappa shape index (κ2) is 6.09. The van der Waals surface area contributed by atoms with Crippen LogP contribution in [0.2, 0.25) is 0 Å². The number of nitrogens with two attached hydrogens (primary N) is 1. The van der Waals surface area contributed by atoms with Crippen LogP contribution in [0.1, 0.15) is 18.9 Å². The van der Waals surface area contributed by atoms with Crippen LogP contribution in [0.25, 0.3) is 0 Å². The van der Waals surface area contributed by atoms with Gasteiger partial charge in [0.1, 0.15) is 5.82 Å². The lowest BCUT2D eigenvalue weighted by Crippen LogP contribution is -2.38. The van der Waals surface area contributed by atoms with Gasteiger partial charge in [-0.3, -0.25) is 0 Å². The first-order valence-electron chi connectivity index (χ1n) is 5.42. The summed E-state index contributed by atoms with van der Waals surface area (Å²) in [5.41, 5.74) is 5.97. The van der Waals surface area contributed by atoms with Crippen LogP contribution in [0.15, 0.2) is 24.3 Å². The van der Waals surface area contributed by atoms with Crippen LogP contribution in [0.4, 0.5) is 4.39 Å². The van der Waals surface area contributed by atoms with Crippen LogP contribution in [-0.2, 0) is 16.6 Å². The van der Waals surface area contributed by atoms with E-state index >= 15 is 0 Å². The summed E-state index contributed by atoms with van der Waals surface area (Å²) in [5.74, 6) is -0.382. The van der Waals surface area contributed by atoms with Gasteiger partial charge in [0.05, 0.1) is 5.25 Å². The molecule has 0 spiro atoms. The number of hydrogen-bond acceptors (Lipinski definition) is 3. The SMILES string of the molecule is CCC(CN)S(=O)(=O)NCc1cccc(F)c1. The van der Waals surface area contributed by atoms with Gasteiger partial charge in [-0.15, -0.1) is 0 Å². The zero-order valence-corrected chi connectivity index (χ0v) is 10.5. The van der Waals surface area contributed by atoms with E-state index in [1.807, 2.05) is 0 Å². The molecule has 0 aliphatic heterocycles. The van der Waals surface area contributed by atoms with Crippen LogP contribution in [-0.4, -0.2) is 20.2 Å². The van der Waals surface area contributed by atoms with Crippen molar-refractivity contribution in [1.82, 2.24) is 4.72 Å². The molecule has 0 amide bonds. The molecule has 6 heteroatoms. The Labute approximate surface area is 101 Å². The van der Waals surface area contributed by atoms with Gasteiger partial charge in [-0.2, -0.15) is 0 Å². The Morgan fingerprint density at radius 3 is 2.71 bits per heavy atom. The van der Waals surface area contributed by atoms with Crippen LogP contribution in [0.3, 0.4) is 0 Å². The Kier molecular flexibility index (Phi) is 5.04. The topological polar surface area (TPSA) is 72.2 Å². The van der Waals surface area contributed by atoms with Crippen molar-refractivity contribution in [2.45, 2.75) is 25.1 Å². The summed E-state index contributed by atoms with van der Waals surface area (Å²) in [6.45, 7) is 1.92. The van der Waals surface area contributed by atoms with Crippen molar-refractivity contribution >= 4 is 10.0 Å². The van der Waals surface area contributed by atoms with Gasteiger partial charge in [0.2, 0.25) is 10.0 Å². The predicted molar refractivity (Wildman–Crippen MR) is 65.3 cm³/mol. The van der Waals surface area contributed by atoms with E-state index in [9.17, 15) is 12.8 Å². The fourth-order valence-corrected chi connectivity index (χ4v) is 2.76. The Balaban J connectivity index is 2.67. The summed E-state index contributed by atoms with van der Waals surface area (Å²) in [6, 6.07) is 5.81. The van der Waals surface area contributed by atoms with Crippen molar-refractivity contribution in [2.24, 2.45) is 5.73 Å². The quantitative estimate of drug-likeness (QED) is 0.801. The van der Waals surface area contributed by atoms with E-state index in [1.54, 1.807) is 19.1 Å². The Morgan fingerprint density at radius 2 is 2.18 bits per heavy atom. The van der Waals surface area contributed by atoms with E-state index in [2.05, 4.69) is 4.72 Å². The van der Waals surface area contributed by atoms with Gasteiger partial charge in [0.25, 0.3) is 0 Å². The van der Waals surface area contributed by atoms with Crippen LogP contribution in [0.5, 0.6) is 0 Å². The number of sulfonamides is 1.